The maximum absolute atomic E-state index is 12.6. The number of hydrogen-bond donors (Lipinski definition) is 1. The van der Waals surface area contributed by atoms with Gasteiger partial charge in [-0.15, -0.1) is 0 Å². The monoisotopic (exact) mass is 279 g/mol. The summed E-state index contributed by atoms with van der Waals surface area (Å²) >= 11 is 0. The van der Waals surface area contributed by atoms with E-state index in [2.05, 4.69) is 0 Å². The largest absolute Gasteiger partial charge is 0.479 e. The van der Waals surface area contributed by atoms with Crippen molar-refractivity contribution in [2.45, 2.75) is 63.3 Å². The predicted octanol–water partition coefficient (Wildman–Crippen LogP) is 1.95. The third-order valence-corrected chi connectivity index (χ3v) is 5.35. The molecule has 5 heteroatoms. The molecule has 0 aromatic carbocycles. The number of imide groups is 1. The Balaban J connectivity index is 1.96. The van der Waals surface area contributed by atoms with Gasteiger partial charge in [-0.25, -0.2) is 4.79 Å². The smallest absolute Gasteiger partial charge is 0.330 e. The van der Waals surface area contributed by atoms with Gasteiger partial charge in [0.25, 0.3) is 0 Å². The van der Waals surface area contributed by atoms with Crippen molar-refractivity contribution in [3.05, 3.63) is 0 Å². The van der Waals surface area contributed by atoms with E-state index in [-0.39, 0.29) is 23.7 Å². The zero-order valence-electron chi connectivity index (χ0n) is 11.6. The third-order valence-electron chi connectivity index (χ3n) is 5.35. The van der Waals surface area contributed by atoms with Crippen molar-refractivity contribution in [2.24, 2.45) is 11.8 Å². The highest BCUT2D eigenvalue weighted by Gasteiger charge is 2.58. The van der Waals surface area contributed by atoms with Crippen LogP contribution in [0.2, 0.25) is 0 Å². The molecule has 0 aromatic rings. The van der Waals surface area contributed by atoms with Crippen LogP contribution in [0.3, 0.4) is 0 Å². The quantitative estimate of drug-likeness (QED) is 0.784. The summed E-state index contributed by atoms with van der Waals surface area (Å²) in [5.41, 5.74) is -1.26. The fourth-order valence-electron chi connectivity index (χ4n) is 4.25. The normalized spacial score (nSPS) is 33.1. The molecule has 1 saturated heterocycles. The lowest BCUT2D eigenvalue weighted by Crippen LogP contribution is -2.58. The standard InChI is InChI=1S/C15H21NO4/c17-12-10-6-2-3-7-11(10)13(18)16(12)15(14(19)20)8-4-1-5-9-15/h10-11H,1-9H2,(H,19,20). The minimum Gasteiger partial charge on any atom is -0.479 e. The molecular weight excluding hydrogens is 258 g/mol. The maximum atomic E-state index is 12.6. The molecule has 1 heterocycles. The van der Waals surface area contributed by atoms with Crippen LogP contribution in [-0.2, 0) is 14.4 Å². The molecule has 3 fully saturated rings. The van der Waals surface area contributed by atoms with Crippen molar-refractivity contribution in [1.82, 2.24) is 4.90 Å². The molecule has 2 atom stereocenters. The van der Waals surface area contributed by atoms with Gasteiger partial charge in [0.15, 0.2) is 0 Å². The van der Waals surface area contributed by atoms with Gasteiger partial charge in [0.05, 0.1) is 11.8 Å². The molecule has 110 valence electrons. The topological polar surface area (TPSA) is 74.7 Å². The average Bonchev–Trinajstić information content (AvgIpc) is 2.72. The lowest BCUT2D eigenvalue weighted by atomic mass is 9.80. The summed E-state index contributed by atoms with van der Waals surface area (Å²) in [6, 6.07) is 0. The van der Waals surface area contributed by atoms with E-state index < -0.39 is 11.5 Å². The summed E-state index contributed by atoms with van der Waals surface area (Å²) in [5, 5.41) is 9.67. The van der Waals surface area contributed by atoms with Crippen LogP contribution >= 0.6 is 0 Å². The molecule has 0 radical (unpaired) electrons. The van der Waals surface area contributed by atoms with E-state index in [4.69, 9.17) is 0 Å². The fourth-order valence-corrected chi connectivity index (χ4v) is 4.25. The fraction of sp³-hybridized carbons (Fsp3) is 0.800. The van der Waals surface area contributed by atoms with Crippen LogP contribution in [0.5, 0.6) is 0 Å². The number of hydrogen-bond acceptors (Lipinski definition) is 3. The highest BCUT2D eigenvalue weighted by atomic mass is 16.4. The molecule has 1 aliphatic heterocycles. The molecule has 2 saturated carbocycles. The van der Waals surface area contributed by atoms with Gasteiger partial charge >= 0.3 is 5.97 Å². The summed E-state index contributed by atoms with van der Waals surface area (Å²) in [6.07, 6.45) is 6.78. The Hall–Kier alpha value is -1.39. The Bertz CT molecular complexity index is 429. The lowest BCUT2D eigenvalue weighted by molar-refractivity contribution is -0.166. The van der Waals surface area contributed by atoms with Gasteiger partial charge < -0.3 is 5.11 Å². The molecule has 3 rings (SSSR count). The van der Waals surface area contributed by atoms with E-state index in [1.54, 1.807) is 0 Å². The van der Waals surface area contributed by atoms with Gasteiger partial charge in [-0.3, -0.25) is 14.5 Å². The van der Waals surface area contributed by atoms with Crippen LogP contribution in [0, 0.1) is 11.8 Å². The molecule has 20 heavy (non-hydrogen) atoms. The Morgan fingerprint density at radius 1 is 0.950 bits per heavy atom. The first-order valence-electron chi connectivity index (χ1n) is 7.69. The molecule has 0 spiro atoms. The summed E-state index contributed by atoms with van der Waals surface area (Å²) in [6.45, 7) is 0. The van der Waals surface area contributed by atoms with Crippen LogP contribution in [0.15, 0.2) is 0 Å². The van der Waals surface area contributed by atoms with Gasteiger partial charge in [0, 0.05) is 0 Å². The summed E-state index contributed by atoms with van der Waals surface area (Å²) in [5.74, 6) is -1.95. The number of fused-ring (bicyclic) bond motifs is 1. The Kier molecular flexibility index (Phi) is 3.30. The summed E-state index contributed by atoms with van der Waals surface area (Å²) in [7, 11) is 0. The zero-order valence-corrected chi connectivity index (χ0v) is 11.6. The van der Waals surface area contributed by atoms with E-state index in [1.807, 2.05) is 0 Å². The van der Waals surface area contributed by atoms with Crippen molar-refractivity contribution in [3.63, 3.8) is 0 Å². The van der Waals surface area contributed by atoms with E-state index in [1.165, 1.54) is 0 Å². The molecule has 1 N–H and O–H groups in total. The molecular formula is C15H21NO4. The van der Waals surface area contributed by atoms with Crippen molar-refractivity contribution in [3.8, 4) is 0 Å². The third kappa shape index (κ3) is 1.79. The molecule has 2 unspecified atom stereocenters. The predicted molar refractivity (Wildman–Crippen MR) is 70.8 cm³/mol. The molecule has 0 bridgehead atoms. The van der Waals surface area contributed by atoms with Crippen LogP contribution in [0.4, 0.5) is 0 Å². The Morgan fingerprint density at radius 2 is 1.45 bits per heavy atom. The van der Waals surface area contributed by atoms with E-state index in [9.17, 15) is 19.5 Å². The SMILES string of the molecule is O=C1C2CCCCC2C(=O)N1C1(C(=O)O)CCCCC1. The number of carbonyl (C=O) groups excluding carboxylic acids is 2. The molecule has 3 aliphatic rings. The van der Waals surface area contributed by atoms with Gasteiger partial charge in [-0.05, 0) is 25.7 Å². The van der Waals surface area contributed by atoms with Crippen molar-refractivity contribution < 1.29 is 19.5 Å². The molecule has 5 nitrogen and oxygen atoms in total. The van der Waals surface area contributed by atoms with Gasteiger partial charge in [-0.1, -0.05) is 32.1 Å². The number of rotatable bonds is 2. The number of carbonyl (C=O) groups is 3. The van der Waals surface area contributed by atoms with Crippen molar-refractivity contribution in [1.29, 1.82) is 0 Å². The first kappa shape index (κ1) is 13.6. The molecule has 0 aromatic heterocycles. The maximum Gasteiger partial charge on any atom is 0.330 e. The highest BCUT2D eigenvalue weighted by Crippen LogP contribution is 2.44. The second kappa shape index (κ2) is 4.86. The number of amides is 2. The number of carboxylic acid groups (broad SMARTS) is 1. The Labute approximate surface area is 118 Å². The second-order valence-corrected chi connectivity index (χ2v) is 6.41. The Morgan fingerprint density at radius 3 is 1.90 bits per heavy atom. The van der Waals surface area contributed by atoms with Crippen LogP contribution < -0.4 is 0 Å². The highest BCUT2D eigenvalue weighted by molar-refractivity contribution is 6.09. The number of carboxylic acids is 1. The summed E-state index contributed by atoms with van der Waals surface area (Å²) in [4.78, 5) is 38.2. The van der Waals surface area contributed by atoms with Gasteiger partial charge in [0.1, 0.15) is 5.54 Å². The lowest BCUT2D eigenvalue weighted by Gasteiger charge is -2.39. The molecule has 2 amide bonds. The number of likely N-dealkylation sites (tertiary alicyclic amines) is 1. The first-order chi connectivity index (χ1) is 9.58. The van der Waals surface area contributed by atoms with Crippen LogP contribution in [0.25, 0.3) is 0 Å². The van der Waals surface area contributed by atoms with E-state index in [0.29, 0.717) is 12.8 Å². The van der Waals surface area contributed by atoms with Crippen molar-refractivity contribution in [2.75, 3.05) is 0 Å². The minimum atomic E-state index is -1.26. The number of aliphatic carboxylic acids is 1. The zero-order chi connectivity index (χ0) is 14.3. The average molecular weight is 279 g/mol. The van der Waals surface area contributed by atoms with Crippen LogP contribution in [0.1, 0.15) is 57.8 Å². The van der Waals surface area contributed by atoms with E-state index in [0.717, 1.165) is 49.8 Å². The van der Waals surface area contributed by atoms with Gasteiger partial charge in [-0.2, -0.15) is 0 Å². The number of nitrogens with zero attached hydrogens (tertiary/aromatic N) is 1. The van der Waals surface area contributed by atoms with Gasteiger partial charge in [0.2, 0.25) is 11.8 Å². The first-order valence-corrected chi connectivity index (χ1v) is 7.69. The summed E-state index contributed by atoms with van der Waals surface area (Å²) < 4.78 is 0. The second-order valence-electron chi connectivity index (χ2n) is 6.41. The van der Waals surface area contributed by atoms with Crippen LogP contribution in [-0.4, -0.2) is 33.3 Å². The minimum absolute atomic E-state index is 0.219. The van der Waals surface area contributed by atoms with E-state index >= 15 is 0 Å². The molecule has 2 aliphatic carbocycles. The van der Waals surface area contributed by atoms with Crippen molar-refractivity contribution >= 4 is 17.8 Å².